The summed E-state index contributed by atoms with van der Waals surface area (Å²) in [5.41, 5.74) is 0.0610. The van der Waals surface area contributed by atoms with Crippen LogP contribution in [0, 0.1) is 6.92 Å². The molecule has 3 aliphatic heterocycles. The number of carbonyl (C=O) groups is 1. The number of rotatable bonds is 3. The molecule has 0 aromatic heterocycles. The highest BCUT2D eigenvalue weighted by atomic mass is 32.2. The molecule has 1 spiro atoms. The Morgan fingerprint density at radius 1 is 1.33 bits per heavy atom. The maximum absolute atomic E-state index is 13.3. The maximum atomic E-state index is 13.3. The van der Waals surface area contributed by atoms with Gasteiger partial charge in [-0.15, -0.1) is 0 Å². The third-order valence-corrected chi connectivity index (χ3v) is 7.19. The Morgan fingerprint density at radius 3 is 2.88 bits per heavy atom. The fraction of sp³-hybridized carbons (Fsp3) is 0.562. The molecule has 3 heterocycles. The minimum Gasteiger partial charge on any atom is -0.495 e. The van der Waals surface area contributed by atoms with E-state index in [2.05, 4.69) is 0 Å². The second-order valence-corrected chi connectivity index (χ2v) is 8.34. The van der Waals surface area contributed by atoms with Gasteiger partial charge in [0.05, 0.1) is 19.8 Å². The molecule has 0 saturated carbocycles. The minimum atomic E-state index is -3.78. The van der Waals surface area contributed by atoms with Gasteiger partial charge in [0.2, 0.25) is 15.9 Å². The Hall–Kier alpha value is -1.64. The standard InChI is InChI=1S/C16H20N2O5S/c1-11-3-4-12(22-2)13(9-11)24(20,21)18-6-5-16-14(18)10-15(19)17(16)7-8-23-16/h3-4,9,14H,5-8,10H2,1-2H3/t14-,16+/m1/s1. The number of carbonyl (C=O) groups excluding carboxylic acids is 1. The highest BCUT2D eigenvalue weighted by Crippen LogP contribution is 2.47. The third-order valence-electron chi connectivity index (χ3n) is 5.26. The topological polar surface area (TPSA) is 76.2 Å². The second-order valence-electron chi connectivity index (χ2n) is 6.48. The summed E-state index contributed by atoms with van der Waals surface area (Å²) in [4.78, 5) is 14.1. The van der Waals surface area contributed by atoms with Crippen LogP contribution in [0.25, 0.3) is 0 Å². The molecule has 1 amide bonds. The summed E-state index contributed by atoms with van der Waals surface area (Å²) in [5.74, 6) is 0.281. The average Bonchev–Trinajstić information content (AvgIpc) is 3.18. The summed E-state index contributed by atoms with van der Waals surface area (Å²) < 4.78 is 39.1. The first-order valence-corrected chi connectivity index (χ1v) is 9.45. The number of sulfonamides is 1. The lowest BCUT2D eigenvalue weighted by molar-refractivity contribution is -0.136. The van der Waals surface area contributed by atoms with E-state index in [1.807, 2.05) is 13.0 Å². The second kappa shape index (κ2) is 5.18. The van der Waals surface area contributed by atoms with Crippen molar-refractivity contribution in [1.82, 2.24) is 9.21 Å². The van der Waals surface area contributed by atoms with Gasteiger partial charge in [-0.25, -0.2) is 8.42 Å². The van der Waals surface area contributed by atoms with E-state index in [0.717, 1.165) is 5.56 Å². The Kier molecular flexibility index (Phi) is 3.42. The van der Waals surface area contributed by atoms with Crippen LogP contribution in [0.5, 0.6) is 5.75 Å². The smallest absolute Gasteiger partial charge is 0.247 e. The van der Waals surface area contributed by atoms with Gasteiger partial charge in [-0.2, -0.15) is 4.31 Å². The summed E-state index contributed by atoms with van der Waals surface area (Å²) in [6.45, 7) is 3.18. The van der Waals surface area contributed by atoms with Crippen molar-refractivity contribution in [3.05, 3.63) is 23.8 Å². The summed E-state index contributed by atoms with van der Waals surface area (Å²) in [5, 5.41) is 0. The van der Waals surface area contributed by atoms with Gasteiger partial charge < -0.3 is 14.4 Å². The van der Waals surface area contributed by atoms with Crippen molar-refractivity contribution < 1.29 is 22.7 Å². The summed E-state index contributed by atoms with van der Waals surface area (Å²) in [6.07, 6.45) is 0.685. The highest BCUT2D eigenvalue weighted by Gasteiger charge is 2.64. The van der Waals surface area contributed by atoms with Gasteiger partial charge in [0.1, 0.15) is 10.6 Å². The predicted octanol–water partition coefficient (Wildman–Crippen LogP) is 0.725. The molecule has 1 aromatic rings. The lowest BCUT2D eigenvalue weighted by atomic mass is 10.1. The number of hydrogen-bond donors (Lipinski definition) is 0. The summed E-state index contributed by atoms with van der Waals surface area (Å²) >= 11 is 0. The summed E-state index contributed by atoms with van der Waals surface area (Å²) in [6, 6.07) is 4.61. The summed E-state index contributed by atoms with van der Waals surface area (Å²) in [7, 11) is -2.32. The highest BCUT2D eigenvalue weighted by molar-refractivity contribution is 7.89. The van der Waals surface area contributed by atoms with E-state index in [1.54, 1.807) is 17.0 Å². The molecule has 3 saturated heterocycles. The molecule has 8 heteroatoms. The fourth-order valence-electron chi connectivity index (χ4n) is 4.15. The predicted molar refractivity (Wildman–Crippen MR) is 85.0 cm³/mol. The van der Waals surface area contributed by atoms with Crippen molar-refractivity contribution in [3.8, 4) is 5.75 Å². The van der Waals surface area contributed by atoms with Gasteiger partial charge in [-0.3, -0.25) is 4.79 Å². The van der Waals surface area contributed by atoms with Gasteiger partial charge in [-0.1, -0.05) is 6.07 Å². The average molecular weight is 352 g/mol. The van der Waals surface area contributed by atoms with E-state index < -0.39 is 21.8 Å². The first-order valence-electron chi connectivity index (χ1n) is 8.01. The van der Waals surface area contributed by atoms with Crippen molar-refractivity contribution in [3.63, 3.8) is 0 Å². The number of amides is 1. The largest absolute Gasteiger partial charge is 0.495 e. The van der Waals surface area contributed by atoms with Crippen LogP contribution >= 0.6 is 0 Å². The third kappa shape index (κ3) is 1.96. The van der Waals surface area contributed by atoms with Crippen molar-refractivity contribution in [2.75, 3.05) is 26.8 Å². The number of nitrogens with zero attached hydrogens (tertiary/aromatic N) is 2. The molecule has 0 N–H and O–H groups in total. The van der Waals surface area contributed by atoms with E-state index in [4.69, 9.17) is 9.47 Å². The Bertz CT molecular complexity index is 809. The van der Waals surface area contributed by atoms with E-state index in [-0.39, 0.29) is 17.2 Å². The molecule has 3 aliphatic rings. The normalized spacial score (nSPS) is 29.8. The fourth-order valence-corrected chi connectivity index (χ4v) is 6.05. The SMILES string of the molecule is COc1ccc(C)cc1S(=O)(=O)N1CC[C@@]23OCCN2C(=O)C[C@@H]13. The number of ether oxygens (including phenoxy) is 2. The lowest BCUT2D eigenvalue weighted by Gasteiger charge is -2.31. The number of benzene rings is 1. The quantitative estimate of drug-likeness (QED) is 0.801. The van der Waals surface area contributed by atoms with Crippen molar-refractivity contribution in [2.45, 2.75) is 36.4 Å². The Labute approximate surface area is 141 Å². The number of methoxy groups -OCH3 is 1. The first-order chi connectivity index (χ1) is 11.4. The molecular formula is C16H20N2O5S. The van der Waals surface area contributed by atoms with Crippen molar-refractivity contribution in [1.29, 1.82) is 0 Å². The van der Waals surface area contributed by atoms with E-state index >= 15 is 0 Å². The Morgan fingerprint density at radius 2 is 2.12 bits per heavy atom. The van der Waals surface area contributed by atoms with Crippen LogP contribution in [-0.4, -0.2) is 62.1 Å². The molecule has 0 bridgehead atoms. The molecule has 0 radical (unpaired) electrons. The van der Waals surface area contributed by atoms with Gasteiger partial charge >= 0.3 is 0 Å². The zero-order chi connectivity index (χ0) is 17.1. The molecule has 7 nitrogen and oxygen atoms in total. The van der Waals surface area contributed by atoms with Gasteiger partial charge in [0.25, 0.3) is 0 Å². The minimum absolute atomic E-state index is 0.0337. The lowest BCUT2D eigenvalue weighted by Crippen LogP contribution is -2.48. The van der Waals surface area contributed by atoms with Crippen LogP contribution in [0.2, 0.25) is 0 Å². The van der Waals surface area contributed by atoms with Gasteiger partial charge in [-0.05, 0) is 24.6 Å². The van der Waals surface area contributed by atoms with Crippen LogP contribution in [0.3, 0.4) is 0 Å². The van der Waals surface area contributed by atoms with Crippen LogP contribution < -0.4 is 4.74 Å². The van der Waals surface area contributed by atoms with Crippen LogP contribution in [-0.2, 0) is 19.6 Å². The first kappa shape index (κ1) is 15.9. The monoisotopic (exact) mass is 352 g/mol. The maximum Gasteiger partial charge on any atom is 0.247 e. The zero-order valence-corrected chi connectivity index (χ0v) is 14.5. The molecule has 4 rings (SSSR count). The van der Waals surface area contributed by atoms with Crippen molar-refractivity contribution >= 4 is 15.9 Å². The molecule has 130 valence electrons. The van der Waals surface area contributed by atoms with E-state index in [0.29, 0.717) is 31.9 Å². The molecular weight excluding hydrogens is 332 g/mol. The van der Waals surface area contributed by atoms with E-state index in [1.165, 1.54) is 11.4 Å². The van der Waals surface area contributed by atoms with E-state index in [9.17, 15) is 13.2 Å². The van der Waals surface area contributed by atoms with Crippen LogP contribution in [0.4, 0.5) is 0 Å². The van der Waals surface area contributed by atoms with Gasteiger partial charge in [0, 0.05) is 25.9 Å². The Balaban J connectivity index is 1.77. The van der Waals surface area contributed by atoms with Gasteiger partial charge in [0.15, 0.2) is 5.72 Å². The van der Waals surface area contributed by atoms with Crippen LogP contribution in [0.1, 0.15) is 18.4 Å². The molecule has 2 atom stereocenters. The molecule has 3 fully saturated rings. The number of aryl methyl sites for hydroxylation is 1. The molecule has 0 unspecified atom stereocenters. The molecule has 24 heavy (non-hydrogen) atoms. The molecule has 1 aromatic carbocycles. The molecule has 0 aliphatic carbocycles. The zero-order valence-electron chi connectivity index (χ0n) is 13.7. The van der Waals surface area contributed by atoms with Crippen molar-refractivity contribution in [2.24, 2.45) is 0 Å². The van der Waals surface area contributed by atoms with Crippen LogP contribution in [0.15, 0.2) is 23.1 Å². The number of hydrogen-bond acceptors (Lipinski definition) is 5.